The average Bonchev–Trinajstić information content (AvgIpc) is 2.27. The van der Waals surface area contributed by atoms with Crippen LogP contribution in [0.15, 0.2) is 22.7 Å². The number of benzene rings is 1. The highest BCUT2D eigenvalue weighted by Crippen LogP contribution is 2.24. The van der Waals surface area contributed by atoms with Crippen molar-refractivity contribution >= 4 is 27.8 Å². The maximum absolute atomic E-state index is 12.0. The normalized spacial score (nSPS) is 12.1. The van der Waals surface area contributed by atoms with Crippen molar-refractivity contribution in [3.63, 3.8) is 0 Å². The van der Waals surface area contributed by atoms with Gasteiger partial charge in [0.1, 0.15) is 11.8 Å². The molecule has 1 rings (SSSR count). The molecule has 0 spiro atoms. The minimum Gasteiger partial charge on any atom is -0.490 e. The number of carbonyl (C=O) groups is 2. The smallest absolute Gasteiger partial charge is 0.325 e. The van der Waals surface area contributed by atoms with Gasteiger partial charge >= 0.3 is 5.97 Å². The van der Waals surface area contributed by atoms with Gasteiger partial charge in [-0.15, -0.1) is 0 Å². The largest absolute Gasteiger partial charge is 0.490 e. The van der Waals surface area contributed by atoms with E-state index < -0.39 is 17.9 Å². The Bertz CT molecular complexity index is 488. The third-order valence-electron chi connectivity index (χ3n) is 2.27. The number of hydrogen-bond acceptors (Lipinski definition) is 3. The van der Waals surface area contributed by atoms with E-state index in [1.54, 1.807) is 18.2 Å². The van der Waals surface area contributed by atoms with Crippen LogP contribution in [0.2, 0.25) is 0 Å². The van der Waals surface area contributed by atoms with Crippen molar-refractivity contribution in [3.8, 4) is 5.75 Å². The Morgan fingerprint density at radius 1 is 1.32 bits per heavy atom. The van der Waals surface area contributed by atoms with E-state index in [0.29, 0.717) is 11.3 Å². The fourth-order valence-electron chi connectivity index (χ4n) is 1.37. The summed E-state index contributed by atoms with van der Waals surface area (Å²) < 4.78 is 6.33. The third-order valence-corrected chi connectivity index (χ3v) is 2.76. The van der Waals surface area contributed by atoms with E-state index in [1.165, 1.54) is 6.92 Å². The number of nitrogens with one attached hydrogen (secondary N) is 1. The second-order valence-corrected chi connectivity index (χ2v) is 5.26. The molecular formula is C13H16BrNO4. The SMILES string of the molecule is CC(C)Oc1cc(Br)ccc1C(=O)N[C@H](C)C(=O)O. The third kappa shape index (κ3) is 4.55. The van der Waals surface area contributed by atoms with Gasteiger partial charge in [0.15, 0.2) is 0 Å². The van der Waals surface area contributed by atoms with E-state index in [2.05, 4.69) is 21.2 Å². The standard InChI is InChI=1S/C13H16BrNO4/c1-7(2)19-11-6-9(14)4-5-10(11)12(16)15-8(3)13(17)18/h4-8H,1-3H3,(H,15,16)(H,17,18)/t8-/m1/s1. The second kappa shape index (κ2) is 6.56. The minimum absolute atomic E-state index is 0.0854. The molecular weight excluding hydrogens is 314 g/mol. The van der Waals surface area contributed by atoms with Crippen LogP contribution in [0.1, 0.15) is 31.1 Å². The van der Waals surface area contributed by atoms with Crippen LogP contribution >= 0.6 is 15.9 Å². The van der Waals surface area contributed by atoms with Crippen LogP contribution in [0, 0.1) is 0 Å². The molecule has 6 heteroatoms. The lowest BCUT2D eigenvalue weighted by Gasteiger charge is -2.15. The van der Waals surface area contributed by atoms with Crippen LogP contribution in [-0.4, -0.2) is 29.1 Å². The van der Waals surface area contributed by atoms with Crippen molar-refractivity contribution in [3.05, 3.63) is 28.2 Å². The first-order valence-corrected chi connectivity index (χ1v) is 6.60. The zero-order valence-electron chi connectivity index (χ0n) is 10.9. The van der Waals surface area contributed by atoms with Gasteiger partial charge < -0.3 is 15.2 Å². The molecule has 0 saturated heterocycles. The lowest BCUT2D eigenvalue weighted by atomic mass is 10.1. The fraction of sp³-hybridized carbons (Fsp3) is 0.385. The minimum atomic E-state index is -1.09. The lowest BCUT2D eigenvalue weighted by Crippen LogP contribution is -2.38. The van der Waals surface area contributed by atoms with Gasteiger partial charge in [-0.05, 0) is 39.0 Å². The molecule has 0 aliphatic heterocycles. The number of aliphatic carboxylic acids is 1. The molecule has 0 heterocycles. The summed E-state index contributed by atoms with van der Waals surface area (Å²) in [6.45, 7) is 5.10. The van der Waals surface area contributed by atoms with Crippen LogP contribution in [0.25, 0.3) is 0 Å². The Morgan fingerprint density at radius 3 is 2.47 bits per heavy atom. The lowest BCUT2D eigenvalue weighted by molar-refractivity contribution is -0.138. The summed E-state index contributed by atoms with van der Waals surface area (Å²) in [5, 5.41) is 11.2. The molecule has 1 aromatic carbocycles. The monoisotopic (exact) mass is 329 g/mol. The molecule has 0 aliphatic carbocycles. The van der Waals surface area contributed by atoms with E-state index in [1.807, 2.05) is 13.8 Å². The second-order valence-electron chi connectivity index (χ2n) is 4.34. The Balaban J connectivity index is 2.98. The van der Waals surface area contributed by atoms with Gasteiger partial charge in [-0.1, -0.05) is 15.9 Å². The molecule has 0 aliphatic rings. The molecule has 1 atom stereocenters. The number of carbonyl (C=O) groups excluding carboxylic acids is 1. The van der Waals surface area contributed by atoms with Crippen molar-refractivity contribution < 1.29 is 19.4 Å². The summed E-state index contributed by atoms with van der Waals surface area (Å²) in [7, 11) is 0. The molecule has 104 valence electrons. The molecule has 0 radical (unpaired) electrons. The molecule has 1 aromatic rings. The van der Waals surface area contributed by atoms with Gasteiger partial charge in [0.2, 0.25) is 0 Å². The number of halogens is 1. The van der Waals surface area contributed by atoms with E-state index in [4.69, 9.17) is 9.84 Å². The van der Waals surface area contributed by atoms with Crippen molar-refractivity contribution in [2.45, 2.75) is 32.9 Å². The van der Waals surface area contributed by atoms with Crippen molar-refractivity contribution in [1.82, 2.24) is 5.32 Å². The van der Waals surface area contributed by atoms with Crippen LogP contribution in [0.3, 0.4) is 0 Å². The zero-order valence-corrected chi connectivity index (χ0v) is 12.5. The highest BCUT2D eigenvalue weighted by molar-refractivity contribution is 9.10. The number of rotatable bonds is 5. The Morgan fingerprint density at radius 2 is 1.95 bits per heavy atom. The van der Waals surface area contributed by atoms with Gasteiger partial charge in [-0.3, -0.25) is 9.59 Å². The van der Waals surface area contributed by atoms with Crippen LogP contribution in [0.4, 0.5) is 0 Å². The molecule has 19 heavy (non-hydrogen) atoms. The number of ether oxygens (including phenoxy) is 1. The summed E-state index contributed by atoms with van der Waals surface area (Å²) in [6, 6.07) is 4.02. The number of amides is 1. The average molecular weight is 330 g/mol. The highest BCUT2D eigenvalue weighted by atomic mass is 79.9. The number of carboxylic acids is 1. The van der Waals surface area contributed by atoms with Gasteiger partial charge in [-0.2, -0.15) is 0 Å². The predicted molar refractivity (Wildman–Crippen MR) is 74.5 cm³/mol. The first-order valence-electron chi connectivity index (χ1n) is 5.81. The zero-order chi connectivity index (χ0) is 14.6. The molecule has 5 nitrogen and oxygen atoms in total. The summed E-state index contributed by atoms with van der Waals surface area (Å²) in [4.78, 5) is 22.7. The molecule has 0 fully saturated rings. The molecule has 0 saturated carbocycles. The van der Waals surface area contributed by atoms with Crippen molar-refractivity contribution in [2.24, 2.45) is 0 Å². The summed E-state index contributed by atoms with van der Waals surface area (Å²) >= 11 is 3.30. The van der Waals surface area contributed by atoms with E-state index in [-0.39, 0.29) is 6.10 Å². The quantitative estimate of drug-likeness (QED) is 0.869. The van der Waals surface area contributed by atoms with Crippen molar-refractivity contribution in [2.75, 3.05) is 0 Å². The maximum Gasteiger partial charge on any atom is 0.325 e. The molecule has 1 amide bonds. The van der Waals surface area contributed by atoms with E-state index >= 15 is 0 Å². The molecule has 0 unspecified atom stereocenters. The molecule has 0 aromatic heterocycles. The maximum atomic E-state index is 12.0. The fourth-order valence-corrected chi connectivity index (χ4v) is 1.71. The Kier molecular flexibility index (Phi) is 5.35. The van der Waals surface area contributed by atoms with Crippen LogP contribution in [0.5, 0.6) is 5.75 Å². The van der Waals surface area contributed by atoms with Crippen LogP contribution in [-0.2, 0) is 4.79 Å². The highest BCUT2D eigenvalue weighted by Gasteiger charge is 2.19. The first-order chi connectivity index (χ1) is 8.81. The van der Waals surface area contributed by atoms with Crippen LogP contribution < -0.4 is 10.1 Å². The number of hydrogen-bond donors (Lipinski definition) is 2. The van der Waals surface area contributed by atoms with Gasteiger partial charge in [0, 0.05) is 4.47 Å². The number of carboxylic acid groups (broad SMARTS) is 1. The predicted octanol–water partition coefficient (Wildman–Crippen LogP) is 2.44. The Hall–Kier alpha value is -1.56. The molecule has 0 bridgehead atoms. The molecule has 2 N–H and O–H groups in total. The topological polar surface area (TPSA) is 75.6 Å². The van der Waals surface area contributed by atoms with Gasteiger partial charge in [0.25, 0.3) is 5.91 Å². The van der Waals surface area contributed by atoms with E-state index in [9.17, 15) is 9.59 Å². The Labute approximate surface area is 120 Å². The van der Waals surface area contributed by atoms with Crippen molar-refractivity contribution in [1.29, 1.82) is 0 Å². The summed E-state index contributed by atoms with van der Waals surface area (Å²) in [5.41, 5.74) is 0.310. The van der Waals surface area contributed by atoms with Gasteiger partial charge in [0.05, 0.1) is 11.7 Å². The summed E-state index contributed by atoms with van der Waals surface area (Å²) in [6.07, 6.45) is -0.0854. The summed E-state index contributed by atoms with van der Waals surface area (Å²) in [5.74, 6) is -1.14. The van der Waals surface area contributed by atoms with E-state index in [0.717, 1.165) is 4.47 Å². The first kappa shape index (κ1) is 15.5. The van der Waals surface area contributed by atoms with Gasteiger partial charge in [-0.25, -0.2) is 0 Å².